The molecular weight excluding hydrogens is 255 g/mol. The number of carbonyl (C=O) groups excluding carboxylic acids is 1. The van der Waals surface area contributed by atoms with Crippen LogP contribution < -0.4 is 29.6 Å². The van der Waals surface area contributed by atoms with Gasteiger partial charge in [-0.25, -0.2) is 13.2 Å². The molecule has 0 fully saturated rings. The Balaban J connectivity index is 0.00000225. The molecule has 10 heteroatoms. The van der Waals surface area contributed by atoms with Crippen molar-refractivity contribution in [2.75, 3.05) is 5.75 Å². The Morgan fingerprint density at radius 2 is 1.94 bits per heavy atom. The molecular formula is C6H7NaO8S. The quantitative estimate of drug-likeness (QED) is 0.261. The first-order valence-electron chi connectivity index (χ1n) is 3.67. The van der Waals surface area contributed by atoms with Crippen LogP contribution in [0.15, 0.2) is 11.5 Å². The van der Waals surface area contributed by atoms with Crippen LogP contribution in [0.2, 0.25) is 0 Å². The Bertz CT molecular complexity index is 412. The van der Waals surface area contributed by atoms with Crippen molar-refractivity contribution in [3.63, 3.8) is 0 Å². The average Bonchev–Trinajstić information content (AvgIpc) is 2.30. The Kier molecular flexibility index (Phi) is 5.23. The smallest absolute Gasteiger partial charge is 0.748 e. The van der Waals surface area contributed by atoms with Crippen molar-refractivity contribution in [2.45, 2.75) is 12.2 Å². The standard InChI is InChI=1S/C6H8O8S.Na/c7-2(1-15(11,12)13)5-3(8)4(9)6(10)14-5;/h2,5,7-9H,1H2,(H,11,12,13);/q;+1/p-1. The zero-order valence-corrected chi connectivity index (χ0v) is 11.0. The summed E-state index contributed by atoms with van der Waals surface area (Å²) >= 11 is 0. The van der Waals surface area contributed by atoms with Gasteiger partial charge in [0.25, 0.3) is 0 Å². The van der Waals surface area contributed by atoms with E-state index in [0.29, 0.717) is 0 Å². The third-order valence-electron chi connectivity index (χ3n) is 1.66. The largest absolute Gasteiger partial charge is 1.00 e. The SMILES string of the molecule is O=C1OC(C(O)CS(=O)(=O)[O-])C(O)=C1O.[Na+]. The molecule has 1 heterocycles. The number of rotatable bonds is 3. The van der Waals surface area contributed by atoms with Gasteiger partial charge in [0.2, 0.25) is 5.76 Å². The summed E-state index contributed by atoms with van der Waals surface area (Å²) < 4.78 is 35.0. The molecule has 0 saturated carbocycles. The molecule has 1 aliphatic rings. The molecule has 8 nitrogen and oxygen atoms in total. The number of esters is 1. The second kappa shape index (κ2) is 5.34. The molecule has 86 valence electrons. The summed E-state index contributed by atoms with van der Waals surface area (Å²) in [6.45, 7) is 0. The summed E-state index contributed by atoms with van der Waals surface area (Å²) in [7, 11) is -4.73. The first kappa shape index (κ1) is 15.7. The zero-order chi connectivity index (χ0) is 11.8. The van der Waals surface area contributed by atoms with E-state index in [1.807, 2.05) is 0 Å². The molecule has 1 rings (SSSR count). The third kappa shape index (κ3) is 3.61. The number of hydrogen-bond acceptors (Lipinski definition) is 8. The van der Waals surface area contributed by atoms with Gasteiger partial charge in [-0.3, -0.25) is 0 Å². The van der Waals surface area contributed by atoms with E-state index >= 15 is 0 Å². The molecule has 0 radical (unpaired) electrons. The van der Waals surface area contributed by atoms with Gasteiger partial charge in [0.1, 0.15) is 6.10 Å². The van der Waals surface area contributed by atoms with Crippen LogP contribution in [0.1, 0.15) is 0 Å². The first-order valence-corrected chi connectivity index (χ1v) is 5.25. The molecule has 0 aromatic carbocycles. The van der Waals surface area contributed by atoms with Crippen molar-refractivity contribution in [3.05, 3.63) is 11.5 Å². The summed E-state index contributed by atoms with van der Waals surface area (Å²) in [6, 6.07) is 0. The van der Waals surface area contributed by atoms with E-state index in [2.05, 4.69) is 4.74 Å². The summed E-state index contributed by atoms with van der Waals surface area (Å²) in [4.78, 5) is 10.6. The van der Waals surface area contributed by atoms with E-state index in [1.165, 1.54) is 0 Å². The van der Waals surface area contributed by atoms with Crippen molar-refractivity contribution in [1.82, 2.24) is 0 Å². The number of cyclic esters (lactones) is 1. The minimum Gasteiger partial charge on any atom is -0.748 e. The van der Waals surface area contributed by atoms with Crippen LogP contribution in [0.3, 0.4) is 0 Å². The van der Waals surface area contributed by atoms with Crippen molar-refractivity contribution in [3.8, 4) is 0 Å². The van der Waals surface area contributed by atoms with Crippen molar-refractivity contribution >= 4 is 16.1 Å². The minimum absolute atomic E-state index is 0. The van der Waals surface area contributed by atoms with E-state index in [0.717, 1.165) is 0 Å². The number of aliphatic hydroxyl groups is 3. The molecule has 0 aromatic rings. The maximum Gasteiger partial charge on any atom is 1.00 e. The topological polar surface area (TPSA) is 144 Å². The fourth-order valence-electron chi connectivity index (χ4n) is 1.02. The van der Waals surface area contributed by atoms with Crippen LogP contribution in [-0.2, 0) is 19.6 Å². The number of aliphatic hydroxyl groups excluding tert-OH is 3. The monoisotopic (exact) mass is 262 g/mol. The van der Waals surface area contributed by atoms with Crippen molar-refractivity contribution in [2.24, 2.45) is 0 Å². The maximum atomic E-state index is 10.6. The van der Waals surface area contributed by atoms with Crippen LogP contribution in [0.25, 0.3) is 0 Å². The van der Waals surface area contributed by atoms with Gasteiger partial charge in [-0.05, 0) is 0 Å². The van der Waals surface area contributed by atoms with E-state index < -0.39 is 45.6 Å². The summed E-state index contributed by atoms with van der Waals surface area (Å²) in [5.74, 6) is -4.62. The van der Waals surface area contributed by atoms with E-state index in [-0.39, 0.29) is 29.6 Å². The molecule has 1 aliphatic heterocycles. The van der Waals surface area contributed by atoms with Gasteiger partial charge in [-0.2, -0.15) is 0 Å². The Morgan fingerprint density at radius 3 is 2.25 bits per heavy atom. The average molecular weight is 262 g/mol. The number of hydrogen-bond donors (Lipinski definition) is 3. The number of ether oxygens (including phenoxy) is 1. The molecule has 0 amide bonds. The fraction of sp³-hybridized carbons (Fsp3) is 0.500. The Hall–Kier alpha value is -0.320. The second-order valence-electron chi connectivity index (χ2n) is 2.85. The summed E-state index contributed by atoms with van der Waals surface area (Å²) in [5, 5.41) is 27.0. The van der Waals surface area contributed by atoms with E-state index in [4.69, 9.17) is 15.3 Å². The van der Waals surface area contributed by atoms with Crippen LogP contribution in [0.4, 0.5) is 0 Å². The fourth-order valence-corrected chi connectivity index (χ4v) is 1.62. The predicted molar refractivity (Wildman–Crippen MR) is 42.7 cm³/mol. The van der Waals surface area contributed by atoms with Gasteiger partial charge in [0.05, 0.1) is 15.9 Å². The third-order valence-corrected chi connectivity index (χ3v) is 2.41. The minimum atomic E-state index is -4.73. The molecule has 2 atom stereocenters. The Morgan fingerprint density at radius 1 is 1.44 bits per heavy atom. The molecule has 0 bridgehead atoms. The molecule has 0 spiro atoms. The predicted octanol–water partition coefficient (Wildman–Crippen LogP) is -4.85. The van der Waals surface area contributed by atoms with Crippen LogP contribution in [0, 0.1) is 0 Å². The van der Waals surface area contributed by atoms with Gasteiger partial charge in [0, 0.05) is 0 Å². The van der Waals surface area contributed by atoms with Gasteiger partial charge < -0.3 is 24.6 Å². The van der Waals surface area contributed by atoms with Crippen molar-refractivity contribution < 1.29 is 67.4 Å². The van der Waals surface area contributed by atoms with Gasteiger partial charge in [0.15, 0.2) is 11.9 Å². The number of carbonyl (C=O) groups is 1. The molecule has 0 saturated heterocycles. The van der Waals surface area contributed by atoms with Crippen LogP contribution in [0.5, 0.6) is 0 Å². The first-order chi connectivity index (χ1) is 6.72. The van der Waals surface area contributed by atoms with Gasteiger partial charge in [-0.15, -0.1) is 0 Å². The molecule has 16 heavy (non-hydrogen) atoms. The molecule has 3 N–H and O–H groups in total. The summed E-state index contributed by atoms with van der Waals surface area (Å²) in [6.07, 6.45) is -3.64. The Labute approximate surface area is 113 Å². The van der Waals surface area contributed by atoms with E-state index in [9.17, 15) is 17.8 Å². The van der Waals surface area contributed by atoms with Crippen LogP contribution in [-0.4, -0.2) is 52.2 Å². The molecule has 2 unspecified atom stereocenters. The maximum absolute atomic E-state index is 10.6. The molecule has 0 aliphatic carbocycles. The van der Waals surface area contributed by atoms with Gasteiger partial charge >= 0.3 is 35.5 Å². The molecule has 0 aromatic heterocycles. The summed E-state index contributed by atoms with van der Waals surface area (Å²) in [5.41, 5.74) is 0. The van der Waals surface area contributed by atoms with Crippen molar-refractivity contribution in [1.29, 1.82) is 0 Å². The van der Waals surface area contributed by atoms with E-state index in [1.54, 1.807) is 0 Å². The van der Waals surface area contributed by atoms with Gasteiger partial charge in [-0.1, -0.05) is 0 Å². The van der Waals surface area contributed by atoms with Crippen LogP contribution >= 0.6 is 0 Å². The normalized spacial score (nSPS) is 22.6. The second-order valence-corrected chi connectivity index (χ2v) is 4.30. The zero-order valence-electron chi connectivity index (χ0n) is 8.15.